The van der Waals surface area contributed by atoms with Gasteiger partial charge in [0.15, 0.2) is 0 Å². The van der Waals surface area contributed by atoms with Gasteiger partial charge in [-0.15, -0.1) is 10.2 Å². The van der Waals surface area contributed by atoms with Gasteiger partial charge in [-0.3, -0.25) is 9.59 Å². The summed E-state index contributed by atoms with van der Waals surface area (Å²) in [5.74, 6) is -0.121. The highest BCUT2D eigenvalue weighted by atomic mass is 79.9. The fourth-order valence-corrected chi connectivity index (χ4v) is 2.04. The Hall–Kier alpha value is -2.29. The largest absolute Gasteiger partial charge is 0.347 e. The van der Waals surface area contributed by atoms with Crippen LogP contribution in [0.1, 0.15) is 0 Å². The topological polar surface area (TPSA) is 93.0 Å². The molecular formula is C13H15BrN6O2. The van der Waals surface area contributed by atoms with E-state index in [4.69, 9.17) is 0 Å². The molecule has 0 radical (unpaired) electrons. The third-order valence-corrected chi connectivity index (χ3v) is 3.48. The smallest absolute Gasteiger partial charge is 0.244 e. The Morgan fingerprint density at radius 3 is 2.73 bits per heavy atom. The Balaban J connectivity index is 1.96. The summed E-state index contributed by atoms with van der Waals surface area (Å²) in [5.41, 5.74) is 0.789. The number of amides is 2. The molecule has 2 aromatic rings. The summed E-state index contributed by atoms with van der Waals surface area (Å²) in [7, 11) is 3.24. The fraction of sp³-hybridized carbons (Fsp3) is 0.308. The molecule has 1 N–H and O–H groups in total. The number of likely N-dealkylation sites (N-methyl/N-ethyl adjacent to an activating group) is 1. The van der Waals surface area contributed by atoms with Gasteiger partial charge in [0.25, 0.3) is 0 Å². The lowest BCUT2D eigenvalue weighted by atomic mass is 10.2. The molecule has 22 heavy (non-hydrogen) atoms. The minimum absolute atomic E-state index is 0.0579. The molecular weight excluding hydrogens is 352 g/mol. The molecule has 0 aliphatic heterocycles. The van der Waals surface area contributed by atoms with Crippen LogP contribution in [-0.4, -0.2) is 57.6 Å². The number of hydrogen-bond acceptors (Lipinski definition) is 5. The first-order valence-corrected chi connectivity index (χ1v) is 7.26. The molecule has 0 unspecified atom stereocenters. The Bertz CT molecular complexity index is 685. The standard InChI is InChI=1S/C13H15BrN6O2/c1-19(2)12(22)7-15-11(21)8-20-17-13(16-18-20)9-5-3-4-6-10(9)14/h3-6H,7-8H2,1-2H3,(H,15,21). The first kappa shape index (κ1) is 16.1. The number of tetrazole rings is 1. The quantitative estimate of drug-likeness (QED) is 0.821. The van der Waals surface area contributed by atoms with Gasteiger partial charge in [-0.2, -0.15) is 4.80 Å². The second-order valence-corrected chi connectivity index (χ2v) is 5.54. The van der Waals surface area contributed by atoms with Gasteiger partial charge in [0, 0.05) is 24.1 Å². The monoisotopic (exact) mass is 366 g/mol. The fourth-order valence-electron chi connectivity index (χ4n) is 1.58. The average Bonchev–Trinajstić information content (AvgIpc) is 2.93. The predicted octanol–water partition coefficient (Wildman–Crippen LogP) is 0.307. The van der Waals surface area contributed by atoms with E-state index in [-0.39, 0.29) is 24.9 Å². The van der Waals surface area contributed by atoms with Crippen molar-refractivity contribution in [3.8, 4) is 11.4 Å². The average molecular weight is 367 g/mol. The van der Waals surface area contributed by atoms with Gasteiger partial charge >= 0.3 is 0 Å². The van der Waals surface area contributed by atoms with Gasteiger partial charge in [0.05, 0.1) is 6.54 Å². The molecule has 116 valence electrons. The van der Waals surface area contributed by atoms with Crippen LogP contribution in [0.5, 0.6) is 0 Å². The zero-order valence-corrected chi connectivity index (χ0v) is 13.7. The summed E-state index contributed by atoms with van der Waals surface area (Å²) in [6.45, 7) is -0.157. The number of carbonyl (C=O) groups excluding carboxylic acids is 2. The van der Waals surface area contributed by atoms with Crippen LogP contribution < -0.4 is 5.32 Å². The van der Waals surface area contributed by atoms with Crippen molar-refractivity contribution in [2.75, 3.05) is 20.6 Å². The molecule has 1 heterocycles. The molecule has 0 fully saturated rings. The molecule has 2 amide bonds. The number of benzene rings is 1. The van der Waals surface area contributed by atoms with Gasteiger partial charge in [-0.05, 0) is 17.3 Å². The van der Waals surface area contributed by atoms with Crippen molar-refractivity contribution in [1.29, 1.82) is 0 Å². The van der Waals surface area contributed by atoms with E-state index < -0.39 is 0 Å². The maximum atomic E-state index is 11.7. The van der Waals surface area contributed by atoms with Crippen molar-refractivity contribution in [2.45, 2.75) is 6.54 Å². The number of carbonyl (C=O) groups is 2. The SMILES string of the molecule is CN(C)C(=O)CNC(=O)Cn1nnc(-c2ccccc2Br)n1. The number of halogens is 1. The minimum Gasteiger partial charge on any atom is -0.347 e. The molecule has 1 aromatic carbocycles. The van der Waals surface area contributed by atoms with Crippen LogP contribution in [-0.2, 0) is 16.1 Å². The zero-order chi connectivity index (χ0) is 16.1. The maximum Gasteiger partial charge on any atom is 0.244 e. The number of hydrogen-bond donors (Lipinski definition) is 1. The highest BCUT2D eigenvalue weighted by Crippen LogP contribution is 2.23. The van der Waals surface area contributed by atoms with Crippen LogP contribution in [0.4, 0.5) is 0 Å². The van der Waals surface area contributed by atoms with Crippen LogP contribution in [0.3, 0.4) is 0 Å². The number of nitrogens with one attached hydrogen (secondary N) is 1. The second-order valence-electron chi connectivity index (χ2n) is 4.69. The molecule has 0 saturated heterocycles. The lowest BCUT2D eigenvalue weighted by Crippen LogP contribution is -2.38. The van der Waals surface area contributed by atoms with Gasteiger partial charge < -0.3 is 10.2 Å². The zero-order valence-electron chi connectivity index (χ0n) is 12.2. The van der Waals surface area contributed by atoms with E-state index >= 15 is 0 Å². The molecule has 2 rings (SSSR count). The van der Waals surface area contributed by atoms with Crippen LogP contribution in [0, 0.1) is 0 Å². The highest BCUT2D eigenvalue weighted by molar-refractivity contribution is 9.10. The van der Waals surface area contributed by atoms with E-state index in [2.05, 4.69) is 36.7 Å². The molecule has 0 spiro atoms. The minimum atomic E-state index is -0.355. The number of aromatic nitrogens is 4. The van der Waals surface area contributed by atoms with E-state index in [0.29, 0.717) is 5.82 Å². The Kier molecular flexibility index (Phi) is 5.21. The van der Waals surface area contributed by atoms with Crippen LogP contribution in [0.2, 0.25) is 0 Å². The summed E-state index contributed by atoms with van der Waals surface area (Å²) in [4.78, 5) is 25.7. The third kappa shape index (κ3) is 4.10. The summed E-state index contributed by atoms with van der Waals surface area (Å²) in [5, 5.41) is 14.4. The molecule has 1 aromatic heterocycles. The van der Waals surface area contributed by atoms with E-state index in [1.807, 2.05) is 24.3 Å². The maximum absolute atomic E-state index is 11.7. The van der Waals surface area contributed by atoms with Crippen molar-refractivity contribution in [1.82, 2.24) is 30.4 Å². The van der Waals surface area contributed by atoms with Crippen LogP contribution >= 0.6 is 15.9 Å². The lowest BCUT2D eigenvalue weighted by molar-refractivity contribution is -0.131. The van der Waals surface area contributed by atoms with Crippen molar-refractivity contribution >= 4 is 27.7 Å². The Morgan fingerprint density at radius 1 is 1.32 bits per heavy atom. The third-order valence-electron chi connectivity index (χ3n) is 2.79. The highest BCUT2D eigenvalue weighted by Gasteiger charge is 2.12. The van der Waals surface area contributed by atoms with Crippen molar-refractivity contribution < 1.29 is 9.59 Å². The first-order valence-electron chi connectivity index (χ1n) is 6.47. The van der Waals surface area contributed by atoms with Gasteiger partial charge in [-0.1, -0.05) is 28.1 Å². The van der Waals surface area contributed by atoms with Gasteiger partial charge in [-0.25, -0.2) is 0 Å². The molecule has 0 aliphatic rings. The van der Waals surface area contributed by atoms with E-state index in [0.717, 1.165) is 10.0 Å². The number of nitrogens with zero attached hydrogens (tertiary/aromatic N) is 5. The van der Waals surface area contributed by atoms with E-state index in [1.165, 1.54) is 9.70 Å². The molecule has 0 atom stereocenters. The first-order chi connectivity index (χ1) is 10.5. The molecule has 0 bridgehead atoms. The van der Waals surface area contributed by atoms with Crippen molar-refractivity contribution in [2.24, 2.45) is 0 Å². The Morgan fingerprint density at radius 2 is 2.05 bits per heavy atom. The summed E-state index contributed by atoms with van der Waals surface area (Å²) < 4.78 is 0.843. The molecule has 8 nitrogen and oxygen atoms in total. The predicted molar refractivity (Wildman–Crippen MR) is 82.7 cm³/mol. The summed E-state index contributed by atoms with van der Waals surface area (Å²) >= 11 is 3.41. The van der Waals surface area contributed by atoms with E-state index in [9.17, 15) is 9.59 Å². The molecule has 0 saturated carbocycles. The van der Waals surface area contributed by atoms with Crippen molar-refractivity contribution in [3.63, 3.8) is 0 Å². The van der Waals surface area contributed by atoms with Gasteiger partial charge in [0.2, 0.25) is 17.6 Å². The molecule has 9 heteroatoms. The second kappa shape index (κ2) is 7.12. The van der Waals surface area contributed by atoms with E-state index in [1.54, 1.807) is 14.1 Å². The summed E-state index contributed by atoms with van der Waals surface area (Å²) in [6.07, 6.45) is 0. The molecule has 0 aliphatic carbocycles. The lowest BCUT2D eigenvalue weighted by Gasteiger charge is -2.10. The normalized spacial score (nSPS) is 10.3. The van der Waals surface area contributed by atoms with Crippen LogP contribution in [0.15, 0.2) is 28.7 Å². The van der Waals surface area contributed by atoms with Crippen molar-refractivity contribution in [3.05, 3.63) is 28.7 Å². The Labute approximate surface area is 135 Å². The van der Waals surface area contributed by atoms with Crippen LogP contribution in [0.25, 0.3) is 11.4 Å². The number of rotatable bonds is 5. The summed E-state index contributed by atoms with van der Waals surface area (Å²) in [6, 6.07) is 7.46. The van der Waals surface area contributed by atoms with Gasteiger partial charge in [0.1, 0.15) is 6.54 Å².